The van der Waals surface area contributed by atoms with Gasteiger partial charge in [0, 0.05) is 26.3 Å². The molecule has 0 radical (unpaired) electrons. The van der Waals surface area contributed by atoms with Gasteiger partial charge in [-0.1, -0.05) is 0 Å². The van der Waals surface area contributed by atoms with E-state index in [1.165, 1.54) is 4.90 Å². The fourth-order valence-corrected chi connectivity index (χ4v) is 2.55. The Labute approximate surface area is 126 Å². The Bertz CT molecular complexity index is 733. The van der Waals surface area contributed by atoms with Gasteiger partial charge in [0.2, 0.25) is 5.89 Å². The maximum Gasteiger partial charge on any atom is 0.308 e. The summed E-state index contributed by atoms with van der Waals surface area (Å²) in [6, 6.07) is 0. The number of carboxylic acid groups (broad SMARTS) is 1. The Kier molecular flexibility index (Phi) is 3.44. The van der Waals surface area contributed by atoms with E-state index >= 15 is 0 Å². The maximum atomic E-state index is 12.5. The van der Waals surface area contributed by atoms with Gasteiger partial charge in [-0.2, -0.15) is 5.10 Å². The van der Waals surface area contributed by atoms with E-state index in [0.29, 0.717) is 30.2 Å². The van der Waals surface area contributed by atoms with Crippen molar-refractivity contribution in [2.45, 2.75) is 13.3 Å². The van der Waals surface area contributed by atoms with Gasteiger partial charge in [0.15, 0.2) is 5.69 Å². The van der Waals surface area contributed by atoms with Crippen LogP contribution in [0.5, 0.6) is 0 Å². The summed E-state index contributed by atoms with van der Waals surface area (Å²) in [5.74, 6) is -0.914. The third-order valence-corrected chi connectivity index (χ3v) is 3.78. The summed E-state index contributed by atoms with van der Waals surface area (Å²) < 4.78 is 7.16. The monoisotopic (exact) mass is 304 g/mol. The number of hydrogen-bond donors (Lipinski definition) is 1. The SMILES string of the molecule is Cc1oc(-c2cnn(C)c2)nc1C(=O)N1CCC(C(=O)O)C1. The Morgan fingerprint density at radius 2 is 2.23 bits per heavy atom. The highest BCUT2D eigenvalue weighted by Gasteiger charge is 2.33. The molecule has 0 aliphatic carbocycles. The molecule has 1 atom stereocenters. The van der Waals surface area contributed by atoms with Gasteiger partial charge in [-0.25, -0.2) is 4.98 Å². The summed E-state index contributed by atoms with van der Waals surface area (Å²) in [6.45, 7) is 2.30. The van der Waals surface area contributed by atoms with E-state index < -0.39 is 11.9 Å². The molecule has 2 aromatic heterocycles. The summed E-state index contributed by atoms with van der Waals surface area (Å²) in [4.78, 5) is 29.2. The molecule has 3 heterocycles. The molecule has 1 fully saturated rings. The molecule has 0 bridgehead atoms. The van der Waals surface area contributed by atoms with Gasteiger partial charge in [0.1, 0.15) is 5.76 Å². The third-order valence-electron chi connectivity index (χ3n) is 3.78. The highest BCUT2D eigenvalue weighted by molar-refractivity contribution is 5.94. The lowest BCUT2D eigenvalue weighted by atomic mass is 10.1. The predicted molar refractivity (Wildman–Crippen MR) is 75.1 cm³/mol. The number of likely N-dealkylation sites (tertiary alicyclic amines) is 1. The van der Waals surface area contributed by atoms with E-state index in [4.69, 9.17) is 9.52 Å². The van der Waals surface area contributed by atoms with Gasteiger partial charge in [-0.3, -0.25) is 14.3 Å². The molecule has 116 valence electrons. The summed E-state index contributed by atoms with van der Waals surface area (Å²) in [7, 11) is 1.78. The van der Waals surface area contributed by atoms with Crippen molar-refractivity contribution in [2.24, 2.45) is 13.0 Å². The molecular formula is C14H16N4O4. The summed E-state index contributed by atoms with van der Waals surface area (Å²) in [5.41, 5.74) is 0.916. The zero-order valence-corrected chi connectivity index (χ0v) is 12.3. The van der Waals surface area contributed by atoms with Crippen LogP contribution >= 0.6 is 0 Å². The number of carbonyl (C=O) groups is 2. The lowest BCUT2D eigenvalue weighted by molar-refractivity contribution is -0.141. The minimum Gasteiger partial charge on any atom is -0.481 e. The summed E-state index contributed by atoms with van der Waals surface area (Å²) in [6.07, 6.45) is 3.82. The number of aromatic nitrogens is 3. The van der Waals surface area contributed by atoms with Crippen LogP contribution in [-0.4, -0.2) is 49.7 Å². The van der Waals surface area contributed by atoms with Crippen LogP contribution < -0.4 is 0 Å². The molecule has 3 rings (SSSR count). The van der Waals surface area contributed by atoms with Crippen molar-refractivity contribution in [3.05, 3.63) is 23.8 Å². The van der Waals surface area contributed by atoms with Crippen molar-refractivity contribution in [1.29, 1.82) is 0 Å². The van der Waals surface area contributed by atoms with Crippen LogP contribution in [0, 0.1) is 12.8 Å². The van der Waals surface area contributed by atoms with E-state index in [9.17, 15) is 9.59 Å². The van der Waals surface area contributed by atoms with Gasteiger partial charge >= 0.3 is 5.97 Å². The number of aliphatic carboxylic acids is 1. The molecule has 2 aromatic rings. The van der Waals surface area contributed by atoms with Crippen LogP contribution in [0.25, 0.3) is 11.5 Å². The maximum absolute atomic E-state index is 12.5. The quantitative estimate of drug-likeness (QED) is 0.905. The lowest BCUT2D eigenvalue weighted by Gasteiger charge is -2.14. The van der Waals surface area contributed by atoms with Gasteiger partial charge in [0.05, 0.1) is 17.7 Å². The van der Waals surface area contributed by atoms with Crippen molar-refractivity contribution in [2.75, 3.05) is 13.1 Å². The highest BCUT2D eigenvalue weighted by atomic mass is 16.4. The molecule has 0 aromatic carbocycles. The second-order valence-electron chi connectivity index (χ2n) is 5.40. The molecule has 0 saturated carbocycles. The average Bonchev–Trinajstić information content (AvgIpc) is 3.16. The van der Waals surface area contributed by atoms with Crippen molar-refractivity contribution in [3.8, 4) is 11.5 Å². The Morgan fingerprint density at radius 3 is 2.82 bits per heavy atom. The average molecular weight is 304 g/mol. The van der Waals surface area contributed by atoms with Crippen LogP contribution in [0.4, 0.5) is 0 Å². The molecule has 1 unspecified atom stereocenters. The van der Waals surface area contributed by atoms with Crippen LogP contribution in [0.2, 0.25) is 0 Å². The van der Waals surface area contributed by atoms with Crippen molar-refractivity contribution >= 4 is 11.9 Å². The van der Waals surface area contributed by atoms with Gasteiger partial charge < -0.3 is 14.4 Å². The standard InChI is InChI=1S/C14H16N4O4/c1-8-11(13(19)18-4-3-9(7-18)14(20)21)16-12(22-8)10-5-15-17(2)6-10/h5-6,9H,3-4,7H2,1-2H3,(H,20,21). The zero-order chi connectivity index (χ0) is 15.9. The number of nitrogens with zero attached hydrogens (tertiary/aromatic N) is 4. The molecule has 1 N–H and O–H groups in total. The van der Waals surface area contributed by atoms with Gasteiger partial charge in [-0.15, -0.1) is 0 Å². The minimum absolute atomic E-state index is 0.211. The van der Waals surface area contributed by atoms with Gasteiger partial charge in [-0.05, 0) is 13.3 Å². The minimum atomic E-state index is -0.872. The normalized spacial score (nSPS) is 17.9. The molecule has 8 heteroatoms. The Morgan fingerprint density at radius 1 is 1.45 bits per heavy atom. The topological polar surface area (TPSA) is 101 Å². The van der Waals surface area contributed by atoms with Crippen LogP contribution in [-0.2, 0) is 11.8 Å². The molecular weight excluding hydrogens is 288 g/mol. The fourth-order valence-electron chi connectivity index (χ4n) is 2.55. The van der Waals surface area contributed by atoms with Crippen molar-refractivity contribution < 1.29 is 19.1 Å². The summed E-state index contributed by atoms with van der Waals surface area (Å²) in [5, 5.41) is 13.1. The number of carbonyl (C=O) groups excluding carboxylic acids is 1. The van der Waals surface area contributed by atoms with Gasteiger partial charge in [0.25, 0.3) is 5.91 Å². The molecule has 1 amide bonds. The number of amides is 1. The number of aryl methyl sites for hydroxylation is 2. The first-order chi connectivity index (χ1) is 10.5. The first-order valence-electron chi connectivity index (χ1n) is 6.94. The van der Waals surface area contributed by atoms with E-state index in [1.54, 1.807) is 31.0 Å². The second-order valence-corrected chi connectivity index (χ2v) is 5.40. The van der Waals surface area contributed by atoms with E-state index in [2.05, 4.69) is 10.1 Å². The van der Waals surface area contributed by atoms with Crippen molar-refractivity contribution in [3.63, 3.8) is 0 Å². The molecule has 0 spiro atoms. The number of rotatable bonds is 3. The summed E-state index contributed by atoms with van der Waals surface area (Å²) >= 11 is 0. The van der Waals surface area contributed by atoms with Crippen LogP contribution in [0.1, 0.15) is 22.7 Å². The smallest absolute Gasteiger partial charge is 0.308 e. The van der Waals surface area contributed by atoms with Crippen molar-refractivity contribution in [1.82, 2.24) is 19.7 Å². The first-order valence-corrected chi connectivity index (χ1v) is 6.94. The number of carboxylic acids is 1. The second kappa shape index (κ2) is 5.28. The third kappa shape index (κ3) is 2.47. The van der Waals surface area contributed by atoms with Crippen LogP contribution in [0.3, 0.4) is 0 Å². The van der Waals surface area contributed by atoms with E-state index in [-0.39, 0.29) is 18.1 Å². The van der Waals surface area contributed by atoms with E-state index in [0.717, 1.165) is 0 Å². The molecule has 1 aliphatic heterocycles. The van der Waals surface area contributed by atoms with E-state index in [1.807, 2.05) is 0 Å². The Hall–Kier alpha value is -2.64. The largest absolute Gasteiger partial charge is 0.481 e. The molecule has 8 nitrogen and oxygen atoms in total. The Balaban J connectivity index is 1.82. The zero-order valence-electron chi connectivity index (χ0n) is 12.3. The molecule has 22 heavy (non-hydrogen) atoms. The fraction of sp³-hybridized carbons (Fsp3) is 0.429. The van der Waals surface area contributed by atoms with Crippen LogP contribution in [0.15, 0.2) is 16.8 Å². The first kappa shape index (κ1) is 14.3. The lowest BCUT2D eigenvalue weighted by Crippen LogP contribution is -2.30. The number of hydrogen-bond acceptors (Lipinski definition) is 5. The molecule has 1 aliphatic rings. The highest BCUT2D eigenvalue weighted by Crippen LogP contribution is 2.24. The molecule has 1 saturated heterocycles. The number of oxazole rings is 1. The predicted octanol–water partition coefficient (Wildman–Crippen LogP) is 0.930.